The van der Waals surface area contributed by atoms with E-state index in [0.717, 1.165) is 47.1 Å². The minimum Gasteiger partial charge on any atom is -0.486 e. The van der Waals surface area contributed by atoms with E-state index in [2.05, 4.69) is 0 Å². The highest BCUT2D eigenvalue weighted by molar-refractivity contribution is 8.18. The zero-order valence-electron chi connectivity index (χ0n) is 18.7. The molecule has 2 aliphatic rings. The molecule has 178 valence electrons. The monoisotopic (exact) mass is 518 g/mol. The predicted octanol–water partition coefficient (Wildman–Crippen LogP) is 5.93. The Morgan fingerprint density at radius 3 is 2.47 bits per heavy atom. The molecule has 2 aromatic rings. The Morgan fingerprint density at radius 2 is 1.79 bits per heavy atom. The van der Waals surface area contributed by atoms with Crippen molar-refractivity contribution in [1.82, 2.24) is 9.80 Å². The molecule has 0 radical (unpaired) electrons. The second-order valence-corrected chi connectivity index (χ2v) is 10.1. The van der Waals surface area contributed by atoms with Crippen LogP contribution >= 0.6 is 35.0 Å². The average Bonchev–Trinajstić information content (AvgIpc) is 3.06. The van der Waals surface area contributed by atoms with Crippen molar-refractivity contribution in [2.45, 2.75) is 32.8 Å². The smallest absolute Gasteiger partial charge is 0.294 e. The topological polar surface area (TPSA) is 66.9 Å². The van der Waals surface area contributed by atoms with Crippen LogP contribution in [0.2, 0.25) is 10.0 Å². The number of amides is 3. The highest BCUT2D eigenvalue weighted by Gasteiger charge is 2.37. The number of benzene rings is 2. The molecule has 0 bridgehead atoms. The lowest BCUT2D eigenvalue weighted by Crippen LogP contribution is -2.44. The first-order valence-corrected chi connectivity index (χ1v) is 12.6. The van der Waals surface area contributed by atoms with Crippen molar-refractivity contribution in [3.63, 3.8) is 0 Å². The first-order chi connectivity index (χ1) is 16.3. The number of halogens is 2. The number of hydrogen-bond donors (Lipinski definition) is 0. The van der Waals surface area contributed by atoms with Crippen molar-refractivity contribution in [3.8, 4) is 5.75 Å². The van der Waals surface area contributed by atoms with Gasteiger partial charge in [-0.3, -0.25) is 19.3 Å². The van der Waals surface area contributed by atoms with Crippen LogP contribution in [0, 0.1) is 6.92 Å². The largest absolute Gasteiger partial charge is 0.486 e. The van der Waals surface area contributed by atoms with Crippen LogP contribution < -0.4 is 4.74 Å². The number of rotatable bonds is 6. The maximum atomic E-state index is 12.8. The fourth-order valence-electron chi connectivity index (χ4n) is 3.92. The van der Waals surface area contributed by atoms with E-state index < -0.39 is 11.1 Å². The second-order valence-electron chi connectivity index (χ2n) is 8.30. The summed E-state index contributed by atoms with van der Waals surface area (Å²) in [6.07, 6.45) is 4.53. The van der Waals surface area contributed by atoms with Gasteiger partial charge in [0, 0.05) is 13.1 Å². The Hall–Kier alpha value is -2.48. The van der Waals surface area contributed by atoms with Gasteiger partial charge in [-0.05, 0) is 67.3 Å². The molecule has 9 heteroatoms. The third kappa shape index (κ3) is 5.77. The molecule has 4 rings (SSSR count). The standard InChI is InChI=1S/C25H24Cl2N2O4S/c1-16-6-5-7-17(10-16)15-33-23-19(26)11-18(12-20(23)27)13-21-24(31)29(25(32)34-21)14-22(30)28-8-3-2-4-9-28/h5-7,10-13H,2-4,8-9,14-15H2,1H3/b21-13-. The van der Waals surface area contributed by atoms with Crippen molar-refractivity contribution in [2.24, 2.45) is 0 Å². The molecular weight excluding hydrogens is 495 g/mol. The number of carbonyl (C=O) groups is 3. The molecular formula is C25H24Cl2N2O4S. The van der Waals surface area contributed by atoms with Gasteiger partial charge in [-0.25, -0.2) is 0 Å². The number of ether oxygens (including phenoxy) is 1. The van der Waals surface area contributed by atoms with Crippen LogP contribution in [-0.4, -0.2) is 46.5 Å². The number of likely N-dealkylation sites (tertiary alicyclic amines) is 1. The highest BCUT2D eigenvalue weighted by atomic mass is 35.5. The summed E-state index contributed by atoms with van der Waals surface area (Å²) in [5.74, 6) is -0.348. The highest BCUT2D eigenvalue weighted by Crippen LogP contribution is 2.38. The van der Waals surface area contributed by atoms with E-state index in [1.807, 2.05) is 31.2 Å². The van der Waals surface area contributed by atoms with E-state index >= 15 is 0 Å². The van der Waals surface area contributed by atoms with Crippen LogP contribution in [0.4, 0.5) is 4.79 Å². The molecule has 0 spiro atoms. The second kappa shape index (κ2) is 10.8. The summed E-state index contributed by atoms with van der Waals surface area (Å²) >= 11 is 13.6. The number of piperidine rings is 1. The Kier molecular flexibility index (Phi) is 7.86. The van der Waals surface area contributed by atoms with Gasteiger partial charge in [0.05, 0.1) is 15.0 Å². The lowest BCUT2D eigenvalue weighted by Gasteiger charge is -2.27. The Labute approximate surface area is 212 Å². The quantitative estimate of drug-likeness (QED) is 0.443. The third-order valence-corrected chi connectivity index (χ3v) is 7.13. The van der Waals surface area contributed by atoms with Gasteiger partial charge in [-0.1, -0.05) is 53.0 Å². The van der Waals surface area contributed by atoms with Gasteiger partial charge in [0.25, 0.3) is 11.1 Å². The molecule has 2 fully saturated rings. The van der Waals surface area contributed by atoms with Crippen LogP contribution in [0.3, 0.4) is 0 Å². The lowest BCUT2D eigenvalue weighted by atomic mass is 10.1. The molecule has 0 atom stereocenters. The summed E-state index contributed by atoms with van der Waals surface area (Å²) in [7, 11) is 0. The van der Waals surface area contributed by atoms with Gasteiger partial charge in [0.15, 0.2) is 5.75 Å². The van der Waals surface area contributed by atoms with Crippen molar-refractivity contribution in [1.29, 1.82) is 0 Å². The van der Waals surface area contributed by atoms with Crippen LogP contribution in [0.1, 0.15) is 36.0 Å². The summed E-state index contributed by atoms with van der Waals surface area (Å²) in [5.41, 5.74) is 2.68. The maximum absolute atomic E-state index is 12.8. The van der Waals surface area contributed by atoms with E-state index in [9.17, 15) is 14.4 Å². The van der Waals surface area contributed by atoms with Crippen LogP contribution in [0.15, 0.2) is 41.3 Å². The first kappa shape index (κ1) is 24.6. The minimum atomic E-state index is -0.493. The number of hydrogen-bond acceptors (Lipinski definition) is 5. The van der Waals surface area contributed by atoms with Crippen LogP contribution in [0.5, 0.6) is 5.75 Å². The van der Waals surface area contributed by atoms with E-state index in [4.69, 9.17) is 27.9 Å². The molecule has 0 saturated carbocycles. The van der Waals surface area contributed by atoms with Gasteiger partial charge in [-0.15, -0.1) is 0 Å². The summed E-state index contributed by atoms with van der Waals surface area (Å²) in [5, 5.41) is 0.133. The molecule has 6 nitrogen and oxygen atoms in total. The molecule has 0 aromatic heterocycles. The van der Waals surface area contributed by atoms with Gasteiger partial charge in [-0.2, -0.15) is 0 Å². The molecule has 0 aliphatic carbocycles. The van der Waals surface area contributed by atoms with Crippen molar-refractivity contribution < 1.29 is 19.1 Å². The average molecular weight is 519 g/mol. The van der Waals surface area contributed by atoms with E-state index in [-0.39, 0.29) is 17.4 Å². The first-order valence-electron chi connectivity index (χ1n) is 11.0. The van der Waals surface area contributed by atoms with E-state index in [0.29, 0.717) is 41.1 Å². The number of imide groups is 1. The van der Waals surface area contributed by atoms with Crippen LogP contribution in [-0.2, 0) is 16.2 Å². The zero-order chi connectivity index (χ0) is 24.2. The molecule has 2 heterocycles. The zero-order valence-corrected chi connectivity index (χ0v) is 21.0. The Balaban J connectivity index is 1.45. The minimum absolute atomic E-state index is 0.204. The normalized spacial score (nSPS) is 17.6. The Morgan fingerprint density at radius 1 is 1.09 bits per heavy atom. The molecule has 3 amide bonds. The molecule has 0 N–H and O–H groups in total. The van der Waals surface area contributed by atoms with Crippen molar-refractivity contribution >= 4 is 58.1 Å². The maximum Gasteiger partial charge on any atom is 0.294 e. The summed E-state index contributed by atoms with van der Waals surface area (Å²) in [6, 6.07) is 11.2. The van der Waals surface area contributed by atoms with Crippen molar-refractivity contribution in [2.75, 3.05) is 19.6 Å². The molecule has 2 aliphatic heterocycles. The third-order valence-electron chi connectivity index (χ3n) is 5.66. The van der Waals surface area contributed by atoms with Gasteiger partial charge < -0.3 is 9.64 Å². The molecule has 2 aromatic carbocycles. The SMILES string of the molecule is Cc1cccc(COc2c(Cl)cc(/C=C3\SC(=O)N(CC(=O)N4CCCCC4)C3=O)cc2Cl)c1. The number of thioether (sulfide) groups is 1. The van der Waals surface area contributed by atoms with Gasteiger partial charge in [0.2, 0.25) is 5.91 Å². The van der Waals surface area contributed by atoms with Gasteiger partial charge in [0.1, 0.15) is 13.2 Å². The molecule has 2 saturated heterocycles. The number of nitrogens with zero attached hydrogens (tertiary/aromatic N) is 2. The van der Waals surface area contributed by atoms with Crippen molar-refractivity contribution in [3.05, 3.63) is 68.0 Å². The summed E-state index contributed by atoms with van der Waals surface area (Å²) < 4.78 is 5.83. The number of carbonyl (C=O) groups excluding carboxylic acids is 3. The van der Waals surface area contributed by atoms with Gasteiger partial charge >= 0.3 is 0 Å². The van der Waals surface area contributed by atoms with E-state index in [1.165, 1.54) is 0 Å². The summed E-state index contributed by atoms with van der Waals surface area (Å²) in [4.78, 5) is 40.7. The summed E-state index contributed by atoms with van der Waals surface area (Å²) in [6.45, 7) is 3.41. The lowest BCUT2D eigenvalue weighted by molar-refractivity contribution is -0.136. The van der Waals surface area contributed by atoms with Crippen LogP contribution in [0.25, 0.3) is 6.08 Å². The van der Waals surface area contributed by atoms with E-state index in [1.54, 1.807) is 23.1 Å². The molecule has 0 unspecified atom stereocenters. The fraction of sp³-hybridized carbons (Fsp3) is 0.320. The molecule has 34 heavy (non-hydrogen) atoms. The number of aryl methyl sites for hydroxylation is 1. The Bertz CT molecular complexity index is 1140. The fourth-order valence-corrected chi connectivity index (χ4v) is 5.38. The predicted molar refractivity (Wildman–Crippen MR) is 135 cm³/mol.